The Morgan fingerprint density at radius 1 is 1.36 bits per heavy atom. The second-order valence-electron chi connectivity index (χ2n) is 6.40. The van der Waals surface area contributed by atoms with Gasteiger partial charge in [-0.25, -0.2) is 0 Å². The van der Waals surface area contributed by atoms with Crippen LogP contribution in [0.15, 0.2) is 29.4 Å². The summed E-state index contributed by atoms with van der Waals surface area (Å²) in [5.74, 6) is 3.16. The van der Waals surface area contributed by atoms with Gasteiger partial charge in [0.25, 0.3) is 0 Å². The van der Waals surface area contributed by atoms with Crippen LogP contribution < -0.4 is 10.6 Å². The van der Waals surface area contributed by atoms with Gasteiger partial charge >= 0.3 is 0 Å². The maximum Gasteiger partial charge on any atom is 0.191 e. The molecular formula is C17H27IN6S. The molecule has 1 fully saturated rings. The van der Waals surface area contributed by atoms with Gasteiger partial charge in [-0.2, -0.15) is 11.8 Å². The van der Waals surface area contributed by atoms with Crippen LogP contribution in [0.4, 0.5) is 0 Å². The van der Waals surface area contributed by atoms with Crippen molar-refractivity contribution < 1.29 is 0 Å². The predicted octanol–water partition coefficient (Wildman–Crippen LogP) is 2.73. The standard InChI is InChI=1S/C17H26N6S.HI/c1-17(9-6-12-24-17)13-20-16(18-2)19-10-5-8-15-22-21-14-7-3-4-11-23(14)15;/h3-4,7,11H,5-6,8-10,12-13H2,1-2H3,(H2,18,19,20);1H. The van der Waals surface area contributed by atoms with Crippen molar-refractivity contribution in [1.29, 1.82) is 0 Å². The van der Waals surface area contributed by atoms with Gasteiger partial charge in [0.1, 0.15) is 5.82 Å². The molecule has 0 bridgehead atoms. The lowest BCUT2D eigenvalue weighted by molar-refractivity contribution is 0.583. The summed E-state index contributed by atoms with van der Waals surface area (Å²) in [4.78, 5) is 4.32. The molecule has 1 aliphatic rings. The Morgan fingerprint density at radius 3 is 3.00 bits per heavy atom. The highest BCUT2D eigenvalue weighted by molar-refractivity contribution is 14.0. The van der Waals surface area contributed by atoms with E-state index in [1.165, 1.54) is 18.6 Å². The smallest absolute Gasteiger partial charge is 0.191 e. The average Bonchev–Trinajstić information content (AvgIpc) is 3.21. The van der Waals surface area contributed by atoms with Gasteiger partial charge in [-0.3, -0.25) is 9.39 Å². The number of aliphatic imine (C=N–C) groups is 1. The molecule has 0 aromatic carbocycles. The lowest BCUT2D eigenvalue weighted by Crippen LogP contribution is -2.43. The lowest BCUT2D eigenvalue weighted by Gasteiger charge is -2.24. The number of halogens is 1. The Morgan fingerprint density at radius 2 is 2.24 bits per heavy atom. The van der Waals surface area contributed by atoms with Crippen LogP contribution >= 0.6 is 35.7 Å². The minimum atomic E-state index is 0. The van der Waals surface area contributed by atoms with E-state index in [0.717, 1.165) is 43.4 Å². The van der Waals surface area contributed by atoms with Crippen LogP contribution in [0.5, 0.6) is 0 Å². The van der Waals surface area contributed by atoms with Crippen molar-refractivity contribution in [2.24, 2.45) is 4.99 Å². The Balaban J connectivity index is 0.00000225. The van der Waals surface area contributed by atoms with Gasteiger partial charge in [-0.15, -0.1) is 34.2 Å². The molecule has 0 amide bonds. The second kappa shape index (κ2) is 9.61. The quantitative estimate of drug-likeness (QED) is 0.292. The van der Waals surface area contributed by atoms with Crippen LogP contribution in [0.1, 0.15) is 32.0 Å². The molecule has 2 aromatic rings. The summed E-state index contributed by atoms with van der Waals surface area (Å²) < 4.78 is 2.39. The number of thioether (sulfide) groups is 1. The summed E-state index contributed by atoms with van der Waals surface area (Å²) in [6.07, 6.45) is 6.49. The molecule has 3 rings (SSSR count). The average molecular weight is 474 g/mol. The van der Waals surface area contributed by atoms with Crippen molar-refractivity contribution in [2.45, 2.75) is 37.4 Å². The van der Waals surface area contributed by atoms with Crippen molar-refractivity contribution in [3.8, 4) is 0 Å². The van der Waals surface area contributed by atoms with Crippen LogP contribution in [-0.2, 0) is 6.42 Å². The van der Waals surface area contributed by atoms with Gasteiger partial charge in [0.15, 0.2) is 11.6 Å². The number of fused-ring (bicyclic) bond motifs is 1. The topological polar surface area (TPSA) is 66.6 Å². The van der Waals surface area contributed by atoms with Crippen molar-refractivity contribution in [3.05, 3.63) is 30.2 Å². The van der Waals surface area contributed by atoms with Crippen molar-refractivity contribution >= 4 is 47.3 Å². The van der Waals surface area contributed by atoms with Gasteiger partial charge in [-0.1, -0.05) is 6.07 Å². The van der Waals surface area contributed by atoms with Crippen LogP contribution in [0.2, 0.25) is 0 Å². The summed E-state index contributed by atoms with van der Waals surface area (Å²) in [6.45, 7) is 4.17. The molecule has 2 aromatic heterocycles. The highest BCUT2D eigenvalue weighted by Gasteiger charge is 2.29. The summed E-state index contributed by atoms with van der Waals surface area (Å²) >= 11 is 2.06. The molecule has 0 radical (unpaired) electrons. The number of hydrogen-bond donors (Lipinski definition) is 2. The molecule has 1 unspecified atom stereocenters. The van der Waals surface area contributed by atoms with Crippen molar-refractivity contribution in [1.82, 2.24) is 25.2 Å². The van der Waals surface area contributed by atoms with Crippen molar-refractivity contribution in [2.75, 3.05) is 25.9 Å². The van der Waals surface area contributed by atoms with E-state index in [1.54, 1.807) is 0 Å². The molecule has 6 nitrogen and oxygen atoms in total. The Kier molecular flexibility index (Phi) is 7.80. The monoisotopic (exact) mass is 474 g/mol. The molecule has 1 aliphatic heterocycles. The molecule has 138 valence electrons. The number of nitrogens with zero attached hydrogens (tertiary/aromatic N) is 4. The van der Waals surface area contributed by atoms with E-state index in [1.807, 2.05) is 35.8 Å². The van der Waals surface area contributed by atoms with E-state index in [4.69, 9.17) is 0 Å². The highest BCUT2D eigenvalue weighted by atomic mass is 127. The maximum absolute atomic E-state index is 4.32. The first kappa shape index (κ1) is 20.3. The van der Waals surface area contributed by atoms with Crippen molar-refractivity contribution in [3.63, 3.8) is 0 Å². The van der Waals surface area contributed by atoms with E-state index in [-0.39, 0.29) is 24.0 Å². The molecule has 1 saturated heterocycles. The first-order valence-electron chi connectivity index (χ1n) is 8.57. The van der Waals surface area contributed by atoms with E-state index in [9.17, 15) is 0 Å². The van der Waals surface area contributed by atoms with Crippen LogP contribution in [0.25, 0.3) is 5.65 Å². The molecule has 8 heteroatoms. The van der Waals surface area contributed by atoms with Gasteiger partial charge in [-0.05, 0) is 44.1 Å². The predicted molar refractivity (Wildman–Crippen MR) is 116 cm³/mol. The third kappa shape index (κ3) is 5.47. The third-order valence-corrected chi connectivity index (χ3v) is 5.95. The first-order valence-corrected chi connectivity index (χ1v) is 9.56. The van der Waals surface area contributed by atoms with Crippen LogP contribution in [0, 0.1) is 0 Å². The minimum absolute atomic E-state index is 0. The Bertz CT molecular complexity index is 695. The molecule has 25 heavy (non-hydrogen) atoms. The zero-order chi connectivity index (χ0) is 16.8. The van der Waals surface area contributed by atoms with E-state index < -0.39 is 0 Å². The van der Waals surface area contributed by atoms with Crippen LogP contribution in [0.3, 0.4) is 0 Å². The largest absolute Gasteiger partial charge is 0.356 e. The first-order chi connectivity index (χ1) is 11.7. The zero-order valence-corrected chi connectivity index (χ0v) is 18.0. The number of hydrogen-bond acceptors (Lipinski definition) is 4. The number of aromatic nitrogens is 3. The number of guanidine groups is 1. The van der Waals surface area contributed by atoms with E-state index in [2.05, 4.69) is 44.5 Å². The Labute approximate surface area is 170 Å². The summed E-state index contributed by atoms with van der Waals surface area (Å²) in [7, 11) is 1.82. The van der Waals surface area contributed by atoms with Gasteiger partial charge in [0.2, 0.25) is 0 Å². The fourth-order valence-electron chi connectivity index (χ4n) is 2.98. The molecule has 3 heterocycles. The normalized spacial score (nSPS) is 20.5. The second-order valence-corrected chi connectivity index (χ2v) is 8.09. The summed E-state index contributed by atoms with van der Waals surface area (Å²) in [6, 6.07) is 5.96. The molecule has 0 spiro atoms. The maximum atomic E-state index is 4.32. The summed E-state index contributed by atoms with van der Waals surface area (Å²) in [5, 5.41) is 15.3. The number of rotatable bonds is 6. The summed E-state index contributed by atoms with van der Waals surface area (Å²) in [5.41, 5.74) is 0.903. The zero-order valence-electron chi connectivity index (χ0n) is 14.9. The molecular weight excluding hydrogens is 447 g/mol. The lowest BCUT2D eigenvalue weighted by atomic mass is 10.1. The molecule has 1 atom stereocenters. The highest BCUT2D eigenvalue weighted by Crippen LogP contribution is 2.36. The SMILES string of the molecule is CN=C(NCCCc1nnc2ccccn12)NCC1(C)CCCS1.I. The fourth-order valence-corrected chi connectivity index (χ4v) is 4.23. The van der Waals surface area contributed by atoms with Gasteiger partial charge < -0.3 is 10.6 Å². The van der Waals surface area contributed by atoms with Gasteiger partial charge in [0.05, 0.1) is 0 Å². The fraction of sp³-hybridized carbons (Fsp3) is 0.588. The molecule has 0 aliphatic carbocycles. The Hall–Kier alpha value is -1.03. The molecule has 2 N–H and O–H groups in total. The molecule has 0 saturated carbocycles. The van der Waals surface area contributed by atoms with E-state index in [0.29, 0.717) is 4.75 Å². The van der Waals surface area contributed by atoms with Crippen LogP contribution in [-0.4, -0.2) is 51.2 Å². The van der Waals surface area contributed by atoms with E-state index >= 15 is 0 Å². The van der Waals surface area contributed by atoms with Gasteiger partial charge in [0, 0.05) is 37.5 Å². The minimum Gasteiger partial charge on any atom is -0.356 e. The third-order valence-electron chi connectivity index (χ3n) is 4.41. The number of pyridine rings is 1. The number of nitrogens with one attached hydrogen (secondary N) is 2. The number of aryl methyl sites for hydroxylation is 1.